The SMILES string of the molecule is CCCC(NC(=O)/C(C#N)=C/c1ccc2cccnc2n1)c1ccccc1. The number of nitrogens with one attached hydrogen (secondary N) is 1. The van der Waals surface area contributed by atoms with Crippen LogP contribution in [0.5, 0.6) is 0 Å². The second kappa shape index (κ2) is 8.72. The van der Waals surface area contributed by atoms with Crippen LogP contribution in [0.1, 0.15) is 37.1 Å². The van der Waals surface area contributed by atoms with E-state index in [0.717, 1.165) is 23.8 Å². The molecule has 1 atom stereocenters. The van der Waals surface area contributed by atoms with Gasteiger partial charge in [-0.1, -0.05) is 43.7 Å². The van der Waals surface area contributed by atoms with Gasteiger partial charge in [-0.2, -0.15) is 5.26 Å². The van der Waals surface area contributed by atoms with Crippen LogP contribution in [-0.4, -0.2) is 15.9 Å². The number of nitriles is 1. The molecule has 1 N–H and O–H groups in total. The molecule has 0 aliphatic rings. The van der Waals surface area contributed by atoms with Gasteiger partial charge in [0, 0.05) is 11.6 Å². The summed E-state index contributed by atoms with van der Waals surface area (Å²) in [5.41, 5.74) is 2.16. The van der Waals surface area contributed by atoms with Crippen LogP contribution in [0.25, 0.3) is 17.1 Å². The highest BCUT2D eigenvalue weighted by molar-refractivity contribution is 6.01. The molecule has 1 unspecified atom stereocenters. The van der Waals surface area contributed by atoms with E-state index in [-0.39, 0.29) is 11.6 Å². The molecule has 3 rings (SSSR count). The maximum atomic E-state index is 12.7. The summed E-state index contributed by atoms with van der Waals surface area (Å²) < 4.78 is 0. The van der Waals surface area contributed by atoms with Crippen molar-refractivity contribution < 1.29 is 4.79 Å². The van der Waals surface area contributed by atoms with E-state index >= 15 is 0 Å². The Morgan fingerprint density at radius 2 is 2.00 bits per heavy atom. The van der Waals surface area contributed by atoms with E-state index in [1.54, 1.807) is 12.3 Å². The zero-order valence-electron chi connectivity index (χ0n) is 15.1. The number of amides is 1. The van der Waals surface area contributed by atoms with Crippen LogP contribution >= 0.6 is 0 Å². The van der Waals surface area contributed by atoms with Gasteiger partial charge in [-0.3, -0.25) is 4.79 Å². The fraction of sp³-hybridized carbons (Fsp3) is 0.182. The van der Waals surface area contributed by atoms with Crippen LogP contribution in [-0.2, 0) is 4.79 Å². The normalized spacial score (nSPS) is 12.4. The first-order chi connectivity index (χ1) is 13.2. The van der Waals surface area contributed by atoms with Crippen LogP contribution < -0.4 is 5.32 Å². The minimum atomic E-state index is -0.400. The van der Waals surface area contributed by atoms with E-state index in [0.29, 0.717) is 11.3 Å². The van der Waals surface area contributed by atoms with E-state index < -0.39 is 5.91 Å². The zero-order chi connectivity index (χ0) is 19.1. The second-order valence-electron chi connectivity index (χ2n) is 6.18. The van der Waals surface area contributed by atoms with Gasteiger partial charge in [0.25, 0.3) is 5.91 Å². The lowest BCUT2D eigenvalue weighted by Gasteiger charge is -2.18. The molecule has 0 saturated heterocycles. The van der Waals surface area contributed by atoms with Crippen molar-refractivity contribution >= 4 is 23.0 Å². The first-order valence-electron chi connectivity index (χ1n) is 8.90. The number of benzene rings is 1. The Kier molecular flexibility index (Phi) is 5.91. The number of nitrogens with zero attached hydrogens (tertiary/aromatic N) is 3. The lowest BCUT2D eigenvalue weighted by atomic mass is 10.0. The third kappa shape index (κ3) is 4.56. The van der Waals surface area contributed by atoms with Gasteiger partial charge < -0.3 is 5.32 Å². The van der Waals surface area contributed by atoms with Gasteiger partial charge >= 0.3 is 0 Å². The number of hydrogen-bond donors (Lipinski definition) is 1. The molecule has 0 aliphatic heterocycles. The molecule has 2 aromatic heterocycles. The second-order valence-corrected chi connectivity index (χ2v) is 6.18. The minimum Gasteiger partial charge on any atom is -0.345 e. The molecule has 0 bridgehead atoms. The Morgan fingerprint density at radius 1 is 1.19 bits per heavy atom. The van der Waals surface area contributed by atoms with Crippen molar-refractivity contribution in [2.24, 2.45) is 0 Å². The Bertz CT molecular complexity index is 1010. The molecule has 0 radical (unpaired) electrons. The van der Waals surface area contributed by atoms with Crippen molar-refractivity contribution in [3.63, 3.8) is 0 Å². The summed E-state index contributed by atoms with van der Waals surface area (Å²) in [6, 6.07) is 19.0. The Morgan fingerprint density at radius 3 is 2.74 bits per heavy atom. The minimum absolute atomic E-state index is 0.0230. The number of pyridine rings is 2. The zero-order valence-corrected chi connectivity index (χ0v) is 15.1. The molecular formula is C22H20N4O. The average molecular weight is 356 g/mol. The topological polar surface area (TPSA) is 78.7 Å². The van der Waals surface area contributed by atoms with Crippen molar-refractivity contribution in [1.82, 2.24) is 15.3 Å². The van der Waals surface area contributed by atoms with Crippen LogP contribution in [0.3, 0.4) is 0 Å². The Hall–Kier alpha value is -3.52. The maximum Gasteiger partial charge on any atom is 0.262 e. The van der Waals surface area contributed by atoms with Crippen molar-refractivity contribution in [2.75, 3.05) is 0 Å². The molecule has 134 valence electrons. The summed E-state index contributed by atoms with van der Waals surface area (Å²) >= 11 is 0. The lowest BCUT2D eigenvalue weighted by Crippen LogP contribution is -2.29. The van der Waals surface area contributed by atoms with Crippen molar-refractivity contribution in [3.05, 3.63) is 77.6 Å². The summed E-state index contributed by atoms with van der Waals surface area (Å²) in [5, 5.41) is 13.3. The Labute approximate surface area is 158 Å². The van der Waals surface area contributed by atoms with Gasteiger partial charge in [0.2, 0.25) is 0 Å². The molecule has 5 nitrogen and oxygen atoms in total. The molecular weight excluding hydrogens is 336 g/mol. The highest BCUT2D eigenvalue weighted by Gasteiger charge is 2.17. The van der Waals surface area contributed by atoms with Gasteiger partial charge in [0.1, 0.15) is 11.6 Å². The molecule has 0 spiro atoms. The van der Waals surface area contributed by atoms with E-state index in [9.17, 15) is 10.1 Å². The van der Waals surface area contributed by atoms with Gasteiger partial charge in [0.15, 0.2) is 5.65 Å². The number of rotatable bonds is 6. The average Bonchev–Trinajstić information content (AvgIpc) is 2.72. The molecule has 1 aromatic carbocycles. The lowest BCUT2D eigenvalue weighted by molar-refractivity contribution is -0.117. The quantitative estimate of drug-likeness (QED) is 0.530. The number of carbonyl (C=O) groups is 1. The third-order valence-electron chi connectivity index (χ3n) is 4.23. The molecule has 0 aliphatic carbocycles. The largest absolute Gasteiger partial charge is 0.345 e. The maximum absolute atomic E-state index is 12.7. The van der Waals surface area contributed by atoms with Gasteiger partial charge in [-0.25, -0.2) is 9.97 Å². The molecule has 3 aromatic rings. The number of carbonyl (C=O) groups excluding carboxylic acids is 1. The fourth-order valence-electron chi connectivity index (χ4n) is 2.88. The van der Waals surface area contributed by atoms with Crippen LogP contribution in [0.2, 0.25) is 0 Å². The van der Waals surface area contributed by atoms with Crippen LogP contribution in [0.15, 0.2) is 66.4 Å². The van der Waals surface area contributed by atoms with E-state index in [4.69, 9.17) is 0 Å². The van der Waals surface area contributed by atoms with E-state index in [1.807, 2.05) is 54.6 Å². The molecule has 0 saturated carbocycles. The van der Waals surface area contributed by atoms with Crippen LogP contribution in [0.4, 0.5) is 0 Å². The van der Waals surface area contributed by atoms with Gasteiger partial charge in [0.05, 0.1) is 11.7 Å². The van der Waals surface area contributed by atoms with Gasteiger partial charge in [-0.05, 0) is 42.3 Å². The highest BCUT2D eigenvalue weighted by Crippen LogP contribution is 2.19. The third-order valence-corrected chi connectivity index (χ3v) is 4.23. The fourth-order valence-corrected chi connectivity index (χ4v) is 2.88. The molecule has 2 heterocycles. The van der Waals surface area contributed by atoms with Crippen molar-refractivity contribution in [1.29, 1.82) is 5.26 Å². The highest BCUT2D eigenvalue weighted by atomic mass is 16.1. The molecule has 5 heteroatoms. The molecule has 27 heavy (non-hydrogen) atoms. The first-order valence-corrected chi connectivity index (χ1v) is 8.90. The van der Waals surface area contributed by atoms with Gasteiger partial charge in [-0.15, -0.1) is 0 Å². The number of hydrogen-bond acceptors (Lipinski definition) is 4. The number of fused-ring (bicyclic) bond motifs is 1. The molecule has 0 fully saturated rings. The first kappa shape index (κ1) is 18.3. The Balaban J connectivity index is 1.83. The summed E-state index contributed by atoms with van der Waals surface area (Å²) in [6.45, 7) is 2.06. The molecule has 1 amide bonds. The summed E-state index contributed by atoms with van der Waals surface area (Å²) in [4.78, 5) is 21.3. The summed E-state index contributed by atoms with van der Waals surface area (Å²) in [6.07, 6.45) is 4.88. The standard InChI is InChI=1S/C22H20N4O/c1-2-7-20(16-8-4-3-5-9-16)26-22(27)18(15-23)14-19-12-11-17-10-6-13-24-21(17)25-19/h3-6,8-14,20H,2,7H2,1H3,(H,26,27)/b18-14+. The predicted molar refractivity (Wildman–Crippen MR) is 105 cm³/mol. The van der Waals surface area contributed by atoms with Crippen LogP contribution in [0, 0.1) is 11.3 Å². The van der Waals surface area contributed by atoms with Crippen molar-refractivity contribution in [3.8, 4) is 6.07 Å². The van der Waals surface area contributed by atoms with E-state index in [2.05, 4.69) is 22.2 Å². The van der Waals surface area contributed by atoms with E-state index in [1.165, 1.54) is 6.08 Å². The van der Waals surface area contributed by atoms with Crippen molar-refractivity contribution in [2.45, 2.75) is 25.8 Å². The predicted octanol–water partition coefficient (Wildman–Crippen LogP) is 4.19. The summed E-state index contributed by atoms with van der Waals surface area (Å²) in [5.74, 6) is -0.400. The summed E-state index contributed by atoms with van der Waals surface area (Å²) in [7, 11) is 0. The number of aromatic nitrogens is 2. The smallest absolute Gasteiger partial charge is 0.262 e. The monoisotopic (exact) mass is 356 g/mol.